The van der Waals surface area contributed by atoms with Crippen molar-refractivity contribution < 1.29 is 53.4 Å². The van der Waals surface area contributed by atoms with Crippen LogP contribution in [-0.4, -0.2) is 111 Å². The van der Waals surface area contributed by atoms with E-state index in [1.165, 1.54) is 11.8 Å². The van der Waals surface area contributed by atoms with Crippen molar-refractivity contribution in [1.29, 1.82) is 0 Å². The maximum atomic E-state index is 14.1. The lowest BCUT2D eigenvalue weighted by molar-refractivity contribution is -0.148. The number of nitrogens with zero attached hydrogens (tertiary/aromatic N) is 1. The zero-order chi connectivity index (χ0) is 42.1. The van der Waals surface area contributed by atoms with E-state index < -0.39 is 96.0 Å². The van der Waals surface area contributed by atoms with Crippen LogP contribution in [0.25, 0.3) is 0 Å². The third kappa shape index (κ3) is 16.5. The van der Waals surface area contributed by atoms with Crippen molar-refractivity contribution in [2.24, 2.45) is 23.5 Å². The third-order valence-electron chi connectivity index (χ3n) is 10.0. The molecule has 7 amide bonds. The Labute approximate surface area is 328 Å². The van der Waals surface area contributed by atoms with Crippen molar-refractivity contribution in [1.82, 2.24) is 31.5 Å². The maximum Gasteiger partial charge on any atom is 0.326 e. The number of primary amides is 1. The van der Waals surface area contributed by atoms with Crippen molar-refractivity contribution in [3.8, 4) is 0 Å². The molecule has 0 bridgehead atoms. The van der Waals surface area contributed by atoms with Gasteiger partial charge in [-0.05, 0) is 62.7 Å². The van der Waals surface area contributed by atoms with E-state index in [0.29, 0.717) is 12.8 Å². The molecular formula is C38H63N7O11. The van der Waals surface area contributed by atoms with E-state index in [9.17, 15) is 53.4 Å². The molecule has 0 unspecified atom stereocenters. The molecule has 2 aliphatic rings. The average molecular weight is 794 g/mol. The number of amides is 7. The molecule has 0 aromatic heterocycles. The molecule has 1 heterocycles. The Morgan fingerprint density at radius 3 is 1.75 bits per heavy atom. The van der Waals surface area contributed by atoms with Crippen molar-refractivity contribution >= 4 is 53.3 Å². The summed E-state index contributed by atoms with van der Waals surface area (Å²) < 4.78 is 0. The van der Waals surface area contributed by atoms with E-state index >= 15 is 0 Å². The number of piperidine rings is 1. The normalized spacial score (nSPS) is 18.8. The summed E-state index contributed by atoms with van der Waals surface area (Å²) in [6.45, 7) is 8.62. The molecule has 2 fully saturated rings. The lowest BCUT2D eigenvalue weighted by Gasteiger charge is -2.38. The van der Waals surface area contributed by atoms with Gasteiger partial charge in [0.2, 0.25) is 41.4 Å². The van der Waals surface area contributed by atoms with Gasteiger partial charge in [0.25, 0.3) is 0 Å². The number of nitrogens with two attached hydrogens (primary N) is 1. The first-order valence-corrected chi connectivity index (χ1v) is 19.8. The minimum absolute atomic E-state index is 0.0234. The standard InChI is InChI=1S/C38H63N7O11/c1-21(2)17-28(37(54)45-16-10-9-13-30(45)36(53)44-29(38(55)56)18-22(3)4)43-35(52)27(20-32(48)49)42-34(51)26(19-24-11-7-6-8-12-24)41-33(50)25(40-23(5)46)14-15-31(39)47/h21-22,24-30H,6-20H2,1-5H3,(H2,39,47)(H,40,46)(H,41,50)(H,42,51)(H,43,52)(H,44,53)(H,48,49)(H,55,56)/t25-,26-,27-,28-,29-,30-/m0/s1. The van der Waals surface area contributed by atoms with Crippen LogP contribution in [0.1, 0.15) is 125 Å². The summed E-state index contributed by atoms with van der Waals surface area (Å²) in [5, 5.41) is 32.2. The van der Waals surface area contributed by atoms with Gasteiger partial charge in [0, 0.05) is 19.9 Å². The van der Waals surface area contributed by atoms with Crippen LogP contribution in [0.15, 0.2) is 0 Å². The summed E-state index contributed by atoms with van der Waals surface area (Å²) in [7, 11) is 0. The maximum absolute atomic E-state index is 14.1. The van der Waals surface area contributed by atoms with Crippen molar-refractivity contribution in [2.75, 3.05) is 6.54 Å². The Balaban J connectivity index is 2.35. The number of aliphatic carboxylic acids is 2. The molecule has 0 spiro atoms. The summed E-state index contributed by atoms with van der Waals surface area (Å²) in [4.78, 5) is 117. The Morgan fingerprint density at radius 2 is 1.20 bits per heavy atom. The highest BCUT2D eigenvalue weighted by Gasteiger charge is 2.39. The molecule has 1 aliphatic heterocycles. The zero-order valence-corrected chi connectivity index (χ0v) is 33.4. The number of rotatable bonds is 22. The first-order chi connectivity index (χ1) is 26.3. The second-order valence-corrected chi connectivity index (χ2v) is 16.0. The van der Waals surface area contributed by atoms with E-state index in [1.54, 1.807) is 0 Å². The number of carboxylic acids is 2. The van der Waals surface area contributed by atoms with Gasteiger partial charge in [-0.25, -0.2) is 4.79 Å². The SMILES string of the molecule is CC(=O)N[C@@H](CCC(N)=O)C(=O)N[C@@H](CC1CCCCC1)C(=O)N[C@@H](CC(=O)O)C(=O)N[C@@H](CC(C)C)C(=O)N1CCCC[C@H]1C(=O)N[C@@H](CC(C)C)C(=O)O. The molecule has 316 valence electrons. The Hall–Kier alpha value is -4.77. The lowest BCUT2D eigenvalue weighted by Crippen LogP contribution is -2.61. The molecule has 0 radical (unpaired) electrons. The second kappa shape index (κ2) is 23.3. The number of hydrogen-bond donors (Lipinski definition) is 8. The summed E-state index contributed by atoms with van der Waals surface area (Å²) in [5.41, 5.74) is 5.26. The molecule has 6 atom stereocenters. The molecule has 0 aromatic rings. The molecule has 1 aliphatic carbocycles. The topological polar surface area (TPSA) is 284 Å². The highest BCUT2D eigenvalue weighted by molar-refractivity contribution is 5.98. The van der Waals surface area contributed by atoms with Gasteiger partial charge in [-0.3, -0.25) is 38.4 Å². The Bertz CT molecular complexity index is 1420. The highest BCUT2D eigenvalue weighted by atomic mass is 16.4. The van der Waals surface area contributed by atoms with Gasteiger partial charge in [-0.15, -0.1) is 0 Å². The van der Waals surface area contributed by atoms with Crippen molar-refractivity contribution in [2.45, 2.75) is 161 Å². The molecule has 56 heavy (non-hydrogen) atoms. The Morgan fingerprint density at radius 1 is 0.661 bits per heavy atom. The largest absolute Gasteiger partial charge is 0.481 e. The van der Waals surface area contributed by atoms with Gasteiger partial charge in [-0.1, -0.05) is 59.8 Å². The monoisotopic (exact) mass is 793 g/mol. The first-order valence-electron chi connectivity index (χ1n) is 19.8. The van der Waals surface area contributed by atoms with Crippen LogP contribution < -0.4 is 32.3 Å². The van der Waals surface area contributed by atoms with Crippen LogP contribution in [0.2, 0.25) is 0 Å². The number of carbonyl (C=O) groups is 9. The second-order valence-electron chi connectivity index (χ2n) is 16.0. The highest BCUT2D eigenvalue weighted by Crippen LogP contribution is 2.28. The van der Waals surface area contributed by atoms with Crippen LogP contribution in [0.5, 0.6) is 0 Å². The van der Waals surface area contributed by atoms with Gasteiger partial charge in [0.15, 0.2) is 0 Å². The molecule has 9 N–H and O–H groups in total. The molecule has 1 saturated carbocycles. The average Bonchev–Trinajstić information content (AvgIpc) is 3.11. The van der Waals surface area contributed by atoms with Crippen molar-refractivity contribution in [3.63, 3.8) is 0 Å². The third-order valence-corrected chi connectivity index (χ3v) is 10.0. The van der Waals surface area contributed by atoms with Gasteiger partial charge in [-0.2, -0.15) is 0 Å². The van der Waals surface area contributed by atoms with Gasteiger partial charge in [0.1, 0.15) is 36.3 Å². The van der Waals surface area contributed by atoms with E-state index in [1.807, 2.05) is 27.7 Å². The fraction of sp³-hybridized carbons (Fsp3) is 0.763. The number of nitrogens with one attached hydrogen (secondary N) is 5. The minimum Gasteiger partial charge on any atom is -0.481 e. The summed E-state index contributed by atoms with van der Waals surface area (Å²) in [6, 6.07) is -7.51. The molecule has 0 aromatic carbocycles. The van der Waals surface area contributed by atoms with Crippen molar-refractivity contribution in [3.05, 3.63) is 0 Å². The van der Waals surface area contributed by atoms with E-state index in [0.717, 1.165) is 32.1 Å². The van der Waals surface area contributed by atoms with Gasteiger partial charge in [0.05, 0.1) is 6.42 Å². The molecular weight excluding hydrogens is 730 g/mol. The molecule has 1 saturated heterocycles. The lowest BCUT2D eigenvalue weighted by atomic mass is 9.84. The summed E-state index contributed by atoms with van der Waals surface area (Å²) in [6.07, 6.45) is 5.04. The zero-order valence-electron chi connectivity index (χ0n) is 33.4. The van der Waals surface area contributed by atoms with Crippen LogP contribution in [0.4, 0.5) is 0 Å². The quantitative estimate of drug-likeness (QED) is 0.0755. The fourth-order valence-electron chi connectivity index (χ4n) is 7.31. The van der Waals surface area contributed by atoms with Gasteiger partial charge < -0.3 is 47.4 Å². The molecule has 18 heteroatoms. The van der Waals surface area contributed by atoms with E-state index in [2.05, 4.69) is 26.6 Å². The van der Waals surface area contributed by atoms with Gasteiger partial charge >= 0.3 is 11.9 Å². The first kappa shape index (κ1) is 47.4. The predicted octanol–water partition coefficient (Wildman–Crippen LogP) is 0.699. The fourth-order valence-corrected chi connectivity index (χ4v) is 7.31. The van der Waals surface area contributed by atoms with E-state index in [-0.39, 0.29) is 62.8 Å². The predicted molar refractivity (Wildman–Crippen MR) is 203 cm³/mol. The molecule has 18 nitrogen and oxygen atoms in total. The van der Waals surface area contributed by atoms with Crippen LogP contribution >= 0.6 is 0 Å². The summed E-state index contributed by atoms with van der Waals surface area (Å²) >= 11 is 0. The minimum atomic E-state index is -1.68. The number of likely N-dealkylation sites (tertiary alicyclic amines) is 1. The summed E-state index contributed by atoms with van der Waals surface area (Å²) in [5.74, 6) is -7.87. The molecule has 2 rings (SSSR count). The number of carboxylic acid groups (broad SMARTS) is 2. The van der Waals surface area contributed by atoms with E-state index in [4.69, 9.17) is 5.73 Å². The Kier molecular flexibility index (Phi) is 19.7. The van der Waals surface area contributed by atoms with Crippen LogP contribution in [0.3, 0.4) is 0 Å². The smallest absolute Gasteiger partial charge is 0.326 e. The number of hydrogen-bond acceptors (Lipinski definition) is 9. The van der Waals surface area contributed by atoms with Crippen LogP contribution in [-0.2, 0) is 43.2 Å². The van der Waals surface area contributed by atoms with Crippen LogP contribution in [0, 0.1) is 17.8 Å². The number of carbonyl (C=O) groups excluding carboxylic acids is 7.